The first-order valence-electron chi connectivity index (χ1n) is 11.5. The average molecular weight is 431 g/mol. The second-order valence-electron chi connectivity index (χ2n) is 10.7. The van der Waals surface area contributed by atoms with Gasteiger partial charge in [-0.15, -0.1) is 0 Å². The fourth-order valence-electron chi connectivity index (χ4n) is 6.13. The van der Waals surface area contributed by atoms with Gasteiger partial charge in [-0.3, -0.25) is 0 Å². The van der Waals surface area contributed by atoms with E-state index in [0.29, 0.717) is 6.04 Å². The van der Waals surface area contributed by atoms with E-state index in [1.165, 1.54) is 38.1 Å². The normalized spacial score (nSPS) is 18.5. The van der Waals surface area contributed by atoms with Gasteiger partial charge in [-0.25, -0.2) is 4.98 Å². The van der Waals surface area contributed by atoms with Crippen LogP contribution in [0.25, 0.3) is 32.6 Å². The minimum atomic E-state index is 0.0827. The van der Waals surface area contributed by atoms with E-state index in [-0.39, 0.29) is 11.1 Å². The first kappa shape index (κ1) is 21.1. The maximum Gasteiger partial charge on any atom is 0.134 e. The highest BCUT2D eigenvalue weighted by Gasteiger charge is 2.37. The second kappa shape index (κ2) is 7.11. The maximum atomic E-state index is 5.52. The van der Waals surface area contributed by atoms with E-state index in [0.717, 1.165) is 24.4 Å². The van der Waals surface area contributed by atoms with Crippen molar-refractivity contribution in [1.29, 1.82) is 0 Å². The highest BCUT2D eigenvalue weighted by Crippen LogP contribution is 2.39. The quantitative estimate of drug-likeness (QED) is 0.424. The number of ether oxygens (including phenoxy) is 1. The summed E-state index contributed by atoms with van der Waals surface area (Å²) in [6.07, 6.45) is 4.05. The molecule has 0 unspecified atom stereocenters. The Morgan fingerprint density at radius 3 is 2.41 bits per heavy atom. The number of pyridine rings is 1. The molecule has 5 nitrogen and oxygen atoms in total. The molecule has 1 saturated heterocycles. The zero-order valence-electron chi connectivity index (χ0n) is 20.3. The zero-order valence-corrected chi connectivity index (χ0v) is 20.3. The van der Waals surface area contributed by atoms with Crippen LogP contribution in [-0.2, 0) is 7.05 Å². The Balaban J connectivity index is 1.69. The van der Waals surface area contributed by atoms with E-state index in [1.807, 2.05) is 12.3 Å². The van der Waals surface area contributed by atoms with Gasteiger partial charge in [-0.05, 0) is 88.7 Å². The fraction of sp³-hybridized carbons (Fsp3) is 0.444. The van der Waals surface area contributed by atoms with Gasteiger partial charge >= 0.3 is 0 Å². The topological polar surface area (TPSA) is 51.1 Å². The summed E-state index contributed by atoms with van der Waals surface area (Å²) in [5.74, 6) is 1.86. The fourth-order valence-corrected chi connectivity index (χ4v) is 6.13. The molecule has 168 valence electrons. The molecule has 2 aromatic carbocycles. The number of fused-ring (bicyclic) bond motifs is 4. The molecule has 0 saturated carbocycles. The van der Waals surface area contributed by atoms with E-state index in [2.05, 4.69) is 81.1 Å². The molecule has 0 bridgehead atoms. The molecule has 1 fully saturated rings. The summed E-state index contributed by atoms with van der Waals surface area (Å²) in [7, 11) is 3.87. The molecule has 0 aliphatic carbocycles. The number of hydrogen-bond acceptors (Lipinski definition) is 4. The van der Waals surface area contributed by atoms with E-state index in [1.54, 1.807) is 7.11 Å². The van der Waals surface area contributed by atoms with Crippen molar-refractivity contribution in [3.63, 3.8) is 0 Å². The lowest BCUT2D eigenvalue weighted by Gasteiger charge is -2.46. The molecular weight excluding hydrogens is 396 g/mol. The predicted octanol–water partition coefficient (Wildman–Crippen LogP) is 5.92. The summed E-state index contributed by atoms with van der Waals surface area (Å²) in [5, 5.41) is 12.5. The summed E-state index contributed by atoms with van der Waals surface area (Å²) < 4.78 is 7.82. The SMILES string of the molecule is COc1ccc2c(c1)c1cc3c(NC4CC(C)(C)NC(C)(C)C4)nccc3c(C)c1n2C. The second-order valence-corrected chi connectivity index (χ2v) is 10.7. The number of hydrogen-bond donors (Lipinski definition) is 2. The minimum absolute atomic E-state index is 0.0827. The average Bonchev–Trinajstić information content (AvgIpc) is 2.98. The van der Waals surface area contributed by atoms with Crippen molar-refractivity contribution < 1.29 is 4.74 Å². The van der Waals surface area contributed by atoms with Crippen LogP contribution in [-0.4, -0.2) is 33.8 Å². The van der Waals surface area contributed by atoms with Crippen LogP contribution < -0.4 is 15.4 Å². The predicted molar refractivity (Wildman–Crippen MR) is 135 cm³/mol. The molecule has 0 amide bonds. The molecule has 4 aromatic rings. The van der Waals surface area contributed by atoms with E-state index >= 15 is 0 Å². The zero-order chi connectivity index (χ0) is 22.8. The number of nitrogens with one attached hydrogen (secondary N) is 2. The Kier molecular flexibility index (Phi) is 4.68. The van der Waals surface area contributed by atoms with Crippen LogP contribution in [0.3, 0.4) is 0 Å². The lowest BCUT2D eigenvalue weighted by molar-refractivity contribution is 0.170. The van der Waals surface area contributed by atoms with Crippen molar-refractivity contribution in [2.75, 3.05) is 12.4 Å². The largest absolute Gasteiger partial charge is 0.497 e. The highest BCUT2D eigenvalue weighted by atomic mass is 16.5. The summed E-state index contributed by atoms with van der Waals surface area (Å²) in [6.45, 7) is 11.4. The molecular formula is C27H34N4O. The molecule has 0 spiro atoms. The van der Waals surface area contributed by atoms with Gasteiger partial charge in [0.05, 0.1) is 12.6 Å². The van der Waals surface area contributed by atoms with Crippen LogP contribution >= 0.6 is 0 Å². The molecule has 2 N–H and O–H groups in total. The third kappa shape index (κ3) is 3.39. The highest BCUT2D eigenvalue weighted by molar-refractivity contribution is 6.16. The van der Waals surface area contributed by atoms with Gasteiger partial charge in [0.15, 0.2) is 0 Å². The van der Waals surface area contributed by atoms with Crippen LogP contribution in [0.15, 0.2) is 36.5 Å². The Bertz CT molecular complexity index is 1330. The molecule has 5 rings (SSSR count). The number of aromatic nitrogens is 2. The lowest BCUT2D eigenvalue weighted by Crippen LogP contribution is -2.60. The Hall–Kier alpha value is -2.79. The number of benzene rings is 2. The van der Waals surface area contributed by atoms with Gasteiger partial charge in [0.1, 0.15) is 11.6 Å². The number of nitrogens with zero attached hydrogens (tertiary/aromatic N) is 2. The molecule has 5 heteroatoms. The molecule has 2 aromatic heterocycles. The van der Waals surface area contributed by atoms with Crippen LogP contribution in [0.5, 0.6) is 5.75 Å². The van der Waals surface area contributed by atoms with Crippen LogP contribution in [0.1, 0.15) is 46.1 Å². The first-order chi connectivity index (χ1) is 15.1. The van der Waals surface area contributed by atoms with Crippen molar-refractivity contribution in [3.8, 4) is 5.75 Å². The molecule has 32 heavy (non-hydrogen) atoms. The maximum absolute atomic E-state index is 5.52. The van der Waals surface area contributed by atoms with Gasteiger partial charge in [-0.2, -0.15) is 0 Å². The van der Waals surface area contributed by atoms with E-state index < -0.39 is 0 Å². The van der Waals surface area contributed by atoms with Crippen molar-refractivity contribution in [1.82, 2.24) is 14.9 Å². The smallest absolute Gasteiger partial charge is 0.134 e. The number of anilines is 1. The first-order valence-corrected chi connectivity index (χ1v) is 11.5. The van der Waals surface area contributed by atoms with Gasteiger partial charge in [-0.1, -0.05) is 0 Å². The van der Waals surface area contributed by atoms with Crippen LogP contribution in [0, 0.1) is 6.92 Å². The lowest BCUT2D eigenvalue weighted by atomic mass is 9.79. The number of methoxy groups -OCH3 is 1. The summed E-state index contributed by atoms with van der Waals surface area (Å²) in [5.41, 5.74) is 3.93. The van der Waals surface area contributed by atoms with Crippen LogP contribution in [0.2, 0.25) is 0 Å². The number of aryl methyl sites for hydroxylation is 2. The minimum Gasteiger partial charge on any atom is -0.497 e. The van der Waals surface area contributed by atoms with E-state index in [4.69, 9.17) is 9.72 Å². The monoisotopic (exact) mass is 430 g/mol. The standard InChI is InChI=1S/C27H34N4O/c1-16-19-10-11-28-25(29-17-14-26(2,3)30-27(4,5)15-17)22(19)13-21-20-12-18(32-7)8-9-23(20)31(6)24(16)21/h8-13,17,30H,14-15H2,1-7H3,(H,28,29). The summed E-state index contributed by atoms with van der Waals surface area (Å²) >= 11 is 0. The van der Waals surface area contributed by atoms with Crippen LogP contribution in [0.4, 0.5) is 5.82 Å². The molecule has 3 heterocycles. The number of piperidine rings is 1. The Morgan fingerprint density at radius 2 is 1.72 bits per heavy atom. The van der Waals surface area contributed by atoms with Crippen molar-refractivity contribution in [2.45, 2.75) is 64.6 Å². The number of rotatable bonds is 3. The molecule has 1 aliphatic rings. The van der Waals surface area contributed by atoms with E-state index in [9.17, 15) is 0 Å². The van der Waals surface area contributed by atoms with Gasteiger partial charge in [0, 0.05) is 52.0 Å². The summed E-state index contributed by atoms with van der Waals surface area (Å²) in [4.78, 5) is 4.80. The molecule has 0 radical (unpaired) electrons. The van der Waals surface area contributed by atoms with Gasteiger partial charge < -0.3 is 19.9 Å². The molecule has 1 aliphatic heterocycles. The van der Waals surface area contributed by atoms with Crippen molar-refractivity contribution in [3.05, 3.63) is 42.1 Å². The van der Waals surface area contributed by atoms with Crippen molar-refractivity contribution in [2.24, 2.45) is 7.05 Å². The van der Waals surface area contributed by atoms with Crippen molar-refractivity contribution >= 4 is 38.4 Å². The summed E-state index contributed by atoms with van der Waals surface area (Å²) in [6, 6.07) is 11.1. The van der Waals surface area contributed by atoms with Gasteiger partial charge in [0.2, 0.25) is 0 Å². The Labute approximate surface area is 190 Å². The third-order valence-corrected chi connectivity index (χ3v) is 7.01. The van der Waals surface area contributed by atoms with Gasteiger partial charge in [0.25, 0.3) is 0 Å². The third-order valence-electron chi connectivity index (χ3n) is 7.01. The Morgan fingerprint density at radius 1 is 1.00 bits per heavy atom. The molecule has 0 atom stereocenters.